The van der Waals surface area contributed by atoms with Gasteiger partial charge in [0, 0.05) is 44.8 Å². The summed E-state index contributed by atoms with van der Waals surface area (Å²) < 4.78 is 33.6. The van der Waals surface area contributed by atoms with Gasteiger partial charge in [-0.15, -0.1) is 0 Å². The molecule has 0 unspecified atom stereocenters. The van der Waals surface area contributed by atoms with Crippen LogP contribution in [0.5, 0.6) is 0 Å². The highest BCUT2D eigenvalue weighted by atomic mass is 35.5. The minimum absolute atomic E-state index is 0.0882. The van der Waals surface area contributed by atoms with Gasteiger partial charge in [-0.1, -0.05) is 29.0 Å². The quantitative estimate of drug-likeness (QED) is 0.401. The van der Waals surface area contributed by atoms with Crippen molar-refractivity contribution >= 4 is 60.3 Å². The van der Waals surface area contributed by atoms with E-state index >= 15 is 0 Å². The predicted octanol–water partition coefficient (Wildman–Crippen LogP) is 3.62. The fraction of sp³-hybridized carbons (Fsp3) is 0.400. The van der Waals surface area contributed by atoms with Gasteiger partial charge < -0.3 is 14.5 Å². The summed E-state index contributed by atoms with van der Waals surface area (Å²) in [4.78, 5) is 35.3. The molecule has 38 heavy (non-hydrogen) atoms. The van der Waals surface area contributed by atoms with Crippen molar-refractivity contribution < 1.29 is 22.7 Å². The van der Waals surface area contributed by atoms with Gasteiger partial charge in [-0.3, -0.25) is 9.69 Å². The van der Waals surface area contributed by atoms with Gasteiger partial charge in [-0.05, 0) is 57.4 Å². The second-order valence-electron chi connectivity index (χ2n) is 8.96. The number of hydrogen-bond donors (Lipinski definition) is 0. The van der Waals surface area contributed by atoms with Crippen LogP contribution in [0.3, 0.4) is 0 Å². The van der Waals surface area contributed by atoms with E-state index in [1.807, 2.05) is 31.1 Å². The zero-order valence-corrected chi connectivity index (χ0v) is 23.9. The molecule has 2 heterocycles. The number of para-hydroxylation sites is 1. The van der Waals surface area contributed by atoms with Crippen LogP contribution >= 0.6 is 22.9 Å². The zero-order chi connectivity index (χ0) is 27.4. The number of halogens is 1. The van der Waals surface area contributed by atoms with Crippen molar-refractivity contribution in [2.75, 3.05) is 64.9 Å². The number of benzene rings is 2. The van der Waals surface area contributed by atoms with E-state index in [2.05, 4.69) is 4.98 Å². The number of thiazole rings is 1. The Kier molecular flexibility index (Phi) is 8.89. The van der Waals surface area contributed by atoms with Gasteiger partial charge in [-0.2, -0.15) is 4.31 Å². The summed E-state index contributed by atoms with van der Waals surface area (Å²) in [5.74, 6) is -0.283. The lowest BCUT2D eigenvalue weighted by molar-refractivity contribution is 0.0933. The van der Waals surface area contributed by atoms with Crippen molar-refractivity contribution in [2.24, 2.45) is 0 Å². The van der Waals surface area contributed by atoms with Gasteiger partial charge in [0.05, 0.1) is 21.2 Å². The van der Waals surface area contributed by atoms with E-state index in [0.29, 0.717) is 34.3 Å². The summed E-state index contributed by atoms with van der Waals surface area (Å²) in [7, 11) is 0.0576. The number of rotatable bonds is 8. The molecule has 0 N–H and O–H groups in total. The normalized spacial score (nSPS) is 14.7. The summed E-state index contributed by atoms with van der Waals surface area (Å²) in [6.45, 7) is 3.84. The first-order chi connectivity index (χ1) is 18.1. The molecule has 2 amide bonds. The second kappa shape index (κ2) is 12.0. The molecule has 0 spiro atoms. The van der Waals surface area contributed by atoms with Crippen molar-refractivity contribution in [2.45, 2.75) is 11.8 Å². The molecule has 2 aromatic carbocycles. The van der Waals surface area contributed by atoms with E-state index in [4.69, 9.17) is 16.3 Å². The molecule has 3 aromatic rings. The van der Waals surface area contributed by atoms with Crippen LogP contribution < -0.4 is 4.90 Å². The second-order valence-corrected chi connectivity index (χ2v) is 12.3. The van der Waals surface area contributed by atoms with Crippen molar-refractivity contribution in [1.29, 1.82) is 0 Å². The average molecular weight is 580 g/mol. The lowest BCUT2D eigenvalue weighted by Crippen LogP contribution is -2.50. The van der Waals surface area contributed by atoms with E-state index in [0.717, 1.165) is 4.70 Å². The van der Waals surface area contributed by atoms with E-state index in [1.54, 1.807) is 17.9 Å². The van der Waals surface area contributed by atoms with E-state index < -0.39 is 16.1 Å². The van der Waals surface area contributed by atoms with Gasteiger partial charge in [0.2, 0.25) is 10.0 Å². The van der Waals surface area contributed by atoms with Gasteiger partial charge in [0.15, 0.2) is 5.13 Å². The summed E-state index contributed by atoms with van der Waals surface area (Å²) in [5.41, 5.74) is 0.988. The fourth-order valence-electron chi connectivity index (χ4n) is 4.00. The fourth-order valence-corrected chi connectivity index (χ4v) is 6.71. The molecule has 1 aliphatic rings. The first-order valence-electron chi connectivity index (χ1n) is 12.2. The predicted molar refractivity (Wildman–Crippen MR) is 149 cm³/mol. The molecule has 0 aliphatic carbocycles. The molecule has 0 bridgehead atoms. The molecule has 13 heteroatoms. The number of fused-ring (bicyclic) bond motifs is 1. The van der Waals surface area contributed by atoms with Crippen molar-refractivity contribution in [3.05, 3.63) is 53.1 Å². The zero-order valence-electron chi connectivity index (χ0n) is 21.5. The number of anilines is 1. The molecule has 1 saturated heterocycles. The van der Waals surface area contributed by atoms with Crippen molar-refractivity contribution in [3.8, 4) is 0 Å². The molecular formula is C25H30ClN5O5S2. The Labute approximate surface area is 231 Å². The average Bonchev–Trinajstić information content (AvgIpc) is 3.34. The summed E-state index contributed by atoms with van der Waals surface area (Å²) in [6.07, 6.45) is -0.443. The van der Waals surface area contributed by atoms with Gasteiger partial charge in [-0.25, -0.2) is 18.2 Å². The molecule has 10 nitrogen and oxygen atoms in total. The largest absolute Gasteiger partial charge is 0.450 e. The number of likely N-dealkylation sites (N-methyl/N-ethyl adjacent to an activating group) is 1. The monoisotopic (exact) mass is 579 g/mol. The van der Waals surface area contributed by atoms with E-state index in [9.17, 15) is 18.0 Å². The van der Waals surface area contributed by atoms with Crippen LogP contribution in [0.2, 0.25) is 5.02 Å². The topological polar surface area (TPSA) is 103 Å². The van der Waals surface area contributed by atoms with Crippen molar-refractivity contribution in [3.63, 3.8) is 0 Å². The third-order valence-electron chi connectivity index (χ3n) is 6.11. The standard InChI is InChI=1S/C25H30ClN5O5S2/c1-4-36-25(33)29-13-15-30(16-14-29)38(34,35)19-10-8-18(9-11-19)23(32)31(17-12-28(2)3)24-27-22-20(26)6-5-7-21(22)37-24/h5-11H,4,12-17H2,1-3H3. The Morgan fingerprint density at radius 2 is 1.74 bits per heavy atom. The lowest BCUT2D eigenvalue weighted by atomic mass is 10.2. The summed E-state index contributed by atoms with van der Waals surface area (Å²) >= 11 is 7.68. The molecule has 1 aromatic heterocycles. The Morgan fingerprint density at radius 1 is 1.05 bits per heavy atom. The van der Waals surface area contributed by atoms with Gasteiger partial charge in [0.25, 0.3) is 5.91 Å². The van der Waals surface area contributed by atoms with Crippen LogP contribution in [-0.2, 0) is 14.8 Å². The molecule has 0 saturated carbocycles. The van der Waals surface area contributed by atoms with Crippen LogP contribution in [-0.4, -0.2) is 99.5 Å². The van der Waals surface area contributed by atoms with Crippen LogP contribution in [0, 0.1) is 0 Å². The maximum Gasteiger partial charge on any atom is 0.409 e. The van der Waals surface area contributed by atoms with Crippen LogP contribution in [0.15, 0.2) is 47.4 Å². The lowest BCUT2D eigenvalue weighted by Gasteiger charge is -2.33. The number of ether oxygens (including phenoxy) is 1. The highest BCUT2D eigenvalue weighted by Gasteiger charge is 2.31. The third kappa shape index (κ3) is 6.10. The maximum absolute atomic E-state index is 13.6. The Balaban J connectivity index is 1.52. The molecule has 204 valence electrons. The molecule has 1 aliphatic heterocycles. The highest BCUT2D eigenvalue weighted by molar-refractivity contribution is 7.89. The number of hydrogen-bond acceptors (Lipinski definition) is 8. The number of nitrogens with zero attached hydrogens (tertiary/aromatic N) is 5. The van der Waals surface area contributed by atoms with Crippen molar-refractivity contribution in [1.82, 2.24) is 19.1 Å². The highest BCUT2D eigenvalue weighted by Crippen LogP contribution is 2.33. The Hall–Kier alpha value is -2.77. The van der Waals surface area contributed by atoms with E-state index in [1.165, 1.54) is 44.8 Å². The number of sulfonamides is 1. The van der Waals surface area contributed by atoms with Crippen LogP contribution in [0.1, 0.15) is 17.3 Å². The molecule has 1 fully saturated rings. The minimum Gasteiger partial charge on any atom is -0.450 e. The Morgan fingerprint density at radius 3 is 2.34 bits per heavy atom. The summed E-state index contributed by atoms with van der Waals surface area (Å²) in [5, 5.41) is 1.04. The summed E-state index contributed by atoms with van der Waals surface area (Å²) in [6, 6.07) is 11.4. The van der Waals surface area contributed by atoms with E-state index in [-0.39, 0.29) is 43.6 Å². The first-order valence-corrected chi connectivity index (χ1v) is 14.8. The van der Waals surface area contributed by atoms with Crippen LogP contribution in [0.4, 0.5) is 9.93 Å². The third-order valence-corrected chi connectivity index (χ3v) is 9.37. The number of amides is 2. The minimum atomic E-state index is -3.78. The smallest absolute Gasteiger partial charge is 0.409 e. The number of piperazine rings is 1. The SMILES string of the molecule is CCOC(=O)N1CCN(S(=O)(=O)c2ccc(C(=O)N(CCN(C)C)c3nc4c(Cl)cccc4s3)cc2)CC1. The molecule has 0 atom stereocenters. The molecule has 0 radical (unpaired) electrons. The number of carbonyl (C=O) groups excluding carboxylic acids is 2. The molecule has 4 rings (SSSR count). The van der Waals surface area contributed by atoms with Crippen LogP contribution in [0.25, 0.3) is 10.2 Å². The first kappa shape index (κ1) is 28.2. The Bertz CT molecular complexity index is 1400. The van der Waals surface area contributed by atoms with Gasteiger partial charge >= 0.3 is 6.09 Å². The maximum atomic E-state index is 13.6. The number of carbonyl (C=O) groups is 2. The number of aromatic nitrogens is 1. The van der Waals surface area contributed by atoms with Gasteiger partial charge in [0.1, 0.15) is 5.52 Å². The molecular weight excluding hydrogens is 550 g/mol.